The lowest BCUT2D eigenvalue weighted by atomic mass is 10.3. The predicted octanol–water partition coefficient (Wildman–Crippen LogP) is 1.71. The van der Waals surface area contributed by atoms with Gasteiger partial charge in [-0.25, -0.2) is 4.39 Å². The molecular formula is C10H11F2NO. The summed E-state index contributed by atoms with van der Waals surface area (Å²) < 4.78 is 31.2. The van der Waals surface area contributed by atoms with Crippen LogP contribution in [0.3, 0.4) is 0 Å². The van der Waals surface area contributed by atoms with Crippen LogP contribution in [0.25, 0.3) is 0 Å². The SMILES string of the molecule is Fc1cccc(O[C@H]2CCNC2)c1F. The maximum absolute atomic E-state index is 13.1. The Morgan fingerprint density at radius 1 is 1.36 bits per heavy atom. The summed E-state index contributed by atoms with van der Waals surface area (Å²) in [6.45, 7) is 1.55. The third-order valence-electron chi connectivity index (χ3n) is 2.22. The minimum atomic E-state index is -0.903. The quantitative estimate of drug-likeness (QED) is 0.782. The van der Waals surface area contributed by atoms with Crippen LogP contribution >= 0.6 is 0 Å². The van der Waals surface area contributed by atoms with Gasteiger partial charge in [-0.05, 0) is 25.1 Å². The molecule has 0 radical (unpaired) electrons. The van der Waals surface area contributed by atoms with Gasteiger partial charge in [-0.3, -0.25) is 0 Å². The number of halogens is 2. The van der Waals surface area contributed by atoms with Crippen molar-refractivity contribution in [2.45, 2.75) is 12.5 Å². The van der Waals surface area contributed by atoms with Gasteiger partial charge in [0.25, 0.3) is 0 Å². The Hall–Kier alpha value is -1.16. The fraction of sp³-hybridized carbons (Fsp3) is 0.400. The molecule has 1 N–H and O–H groups in total. The van der Waals surface area contributed by atoms with Crippen LogP contribution in [-0.2, 0) is 0 Å². The highest BCUT2D eigenvalue weighted by Gasteiger charge is 2.18. The van der Waals surface area contributed by atoms with Gasteiger partial charge in [0.2, 0.25) is 5.82 Å². The summed E-state index contributed by atoms with van der Waals surface area (Å²) in [6, 6.07) is 3.96. The molecule has 76 valence electrons. The van der Waals surface area contributed by atoms with Crippen molar-refractivity contribution >= 4 is 0 Å². The molecule has 0 unspecified atom stereocenters. The lowest BCUT2D eigenvalue weighted by Gasteiger charge is -2.12. The second-order valence-corrected chi connectivity index (χ2v) is 3.28. The van der Waals surface area contributed by atoms with E-state index in [1.54, 1.807) is 0 Å². The number of hydrogen-bond donors (Lipinski definition) is 1. The molecule has 0 amide bonds. The van der Waals surface area contributed by atoms with E-state index in [4.69, 9.17) is 4.74 Å². The number of nitrogens with one attached hydrogen (secondary N) is 1. The van der Waals surface area contributed by atoms with E-state index >= 15 is 0 Å². The Bertz CT molecular complexity index is 324. The molecule has 0 spiro atoms. The van der Waals surface area contributed by atoms with Crippen molar-refractivity contribution in [3.05, 3.63) is 29.8 Å². The molecule has 2 nitrogen and oxygen atoms in total. The first-order valence-corrected chi connectivity index (χ1v) is 4.59. The zero-order chi connectivity index (χ0) is 9.97. The number of rotatable bonds is 2. The van der Waals surface area contributed by atoms with Crippen molar-refractivity contribution in [1.29, 1.82) is 0 Å². The Morgan fingerprint density at radius 3 is 2.93 bits per heavy atom. The maximum atomic E-state index is 13.1. The van der Waals surface area contributed by atoms with E-state index in [0.29, 0.717) is 6.54 Å². The maximum Gasteiger partial charge on any atom is 0.200 e. The standard InChI is InChI=1S/C10H11F2NO/c11-8-2-1-3-9(10(8)12)14-7-4-5-13-6-7/h1-3,7,13H,4-6H2/t7-/m0/s1. The molecule has 1 heterocycles. The van der Waals surface area contributed by atoms with E-state index < -0.39 is 11.6 Å². The van der Waals surface area contributed by atoms with Gasteiger partial charge in [0.15, 0.2) is 11.6 Å². The van der Waals surface area contributed by atoms with Crippen LogP contribution in [0.5, 0.6) is 5.75 Å². The van der Waals surface area contributed by atoms with Crippen LogP contribution in [-0.4, -0.2) is 19.2 Å². The van der Waals surface area contributed by atoms with E-state index in [0.717, 1.165) is 19.0 Å². The average Bonchev–Trinajstić information content (AvgIpc) is 2.66. The van der Waals surface area contributed by atoms with Gasteiger partial charge in [0.1, 0.15) is 6.10 Å². The van der Waals surface area contributed by atoms with E-state index in [-0.39, 0.29) is 11.9 Å². The fourth-order valence-corrected chi connectivity index (χ4v) is 1.48. The van der Waals surface area contributed by atoms with E-state index in [1.807, 2.05) is 0 Å². The molecule has 1 aromatic carbocycles. The first kappa shape index (κ1) is 9.40. The van der Waals surface area contributed by atoms with Crippen LogP contribution in [0, 0.1) is 11.6 Å². The molecule has 1 atom stereocenters. The molecule has 14 heavy (non-hydrogen) atoms. The third kappa shape index (κ3) is 1.85. The molecule has 1 fully saturated rings. The smallest absolute Gasteiger partial charge is 0.200 e. The molecule has 0 bridgehead atoms. The molecule has 1 aliphatic heterocycles. The van der Waals surface area contributed by atoms with Gasteiger partial charge in [-0.15, -0.1) is 0 Å². The normalized spacial score (nSPS) is 21.1. The minimum Gasteiger partial charge on any atom is -0.486 e. The van der Waals surface area contributed by atoms with Crippen molar-refractivity contribution in [3.63, 3.8) is 0 Å². The monoisotopic (exact) mass is 199 g/mol. The van der Waals surface area contributed by atoms with Crippen molar-refractivity contribution in [3.8, 4) is 5.75 Å². The van der Waals surface area contributed by atoms with Crippen LogP contribution in [0.2, 0.25) is 0 Å². The van der Waals surface area contributed by atoms with Crippen molar-refractivity contribution < 1.29 is 13.5 Å². The van der Waals surface area contributed by atoms with Crippen molar-refractivity contribution in [1.82, 2.24) is 5.32 Å². The molecule has 4 heteroatoms. The fourth-order valence-electron chi connectivity index (χ4n) is 1.48. The molecule has 1 saturated heterocycles. The summed E-state index contributed by atoms with van der Waals surface area (Å²) in [5, 5.41) is 3.09. The Balaban J connectivity index is 2.11. The second-order valence-electron chi connectivity index (χ2n) is 3.28. The van der Waals surface area contributed by atoms with E-state index in [2.05, 4.69) is 5.32 Å². The van der Waals surface area contributed by atoms with E-state index in [9.17, 15) is 8.78 Å². The summed E-state index contributed by atoms with van der Waals surface area (Å²) in [6.07, 6.45) is 0.780. The Morgan fingerprint density at radius 2 is 2.21 bits per heavy atom. The van der Waals surface area contributed by atoms with Gasteiger partial charge >= 0.3 is 0 Å². The largest absolute Gasteiger partial charge is 0.486 e. The zero-order valence-corrected chi connectivity index (χ0v) is 7.59. The lowest BCUT2D eigenvalue weighted by Crippen LogP contribution is -2.20. The second kappa shape index (κ2) is 3.92. The van der Waals surface area contributed by atoms with Crippen molar-refractivity contribution in [2.75, 3.05) is 13.1 Å². The summed E-state index contributed by atoms with van der Waals surface area (Å²) in [5.74, 6) is -1.77. The first-order valence-electron chi connectivity index (χ1n) is 4.59. The van der Waals surface area contributed by atoms with Gasteiger partial charge in [0.05, 0.1) is 0 Å². The third-order valence-corrected chi connectivity index (χ3v) is 2.22. The Kier molecular flexibility index (Phi) is 2.63. The van der Waals surface area contributed by atoms with E-state index in [1.165, 1.54) is 12.1 Å². The van der Waals surface area contributed by atoms with Gasteiger partial charge in [-0.1, -0.05) is 6.07 Å². The van der Waals surface area contributed by atoms with Crippen LogP contribution in [0.1, 0.15) is 6.42 Å². The van der Waals surface area contributed by atoms with Gasteiger partial charge in [0, 0.05) is 6.54 Å². The summed E-state index contributed by atoms with van der Waals surface area (Å²) in [4.78, 5) is 0. The highest BCUT2D eigenvalue weighted by atomic mass is 19.2. The summed E-state index contributed by atoms with van der Waals surface area (Å²) in [5.41, 5.74) is 0. The molecule has 0 aromatic heterocycles. The number of benzene rings is 1. The highest BCUT2D eigenvalue weighted by Crippen LogP contribution is 2.21. The molecule has 1 aliphatic rings. The molecule has 1 aromatic rings. The van der Waals surface area contributed by atoms with Crippen LogP contribution in [0.15, 0.2) is 18.2 Å². The number of hydrogen-bond acceptors (Lipinski definition) is 2. The summed E-state index contributed by atoms with van der Waals surface area (Å²) >= 11 is 0. The Labute approximate surface area is 80.9 Å². The molecule has 0 aliphatic carbocycles. The predicted molar refractivity (Wildman–Crippen MR) is 48.3 cm³/mol. The molecule has 2 rings (SSSR count). The van der Waals surface area contributed by atoms with Crippen molar-refractivity contribution in [2.24, 2.45) is 0 Å². The minimum absolute atomic E-state index is 0.00120. The van der Waals surface area contributed by atoms with Crippen LogP contribution in [0.4, 0.5) is 8.78 Å². The molecule has 0 saturated carbocycles. The average molecular weight is 199 g/mol. The highest BCUT2D eigenvalue weighted by molar-refractivity contribution is 5.25. The van der Waals surface area contributed by atoms with Gasteiger partial charge in [-0.2, -0.15) is 4.39 Å². The zero-order valence-electron chi connectivity index (χ0n) is 7.59. The molecular weight excluding hydrogens is 188 g/mol. The summed E-state index contributed by atoms with van der Waals surface area (Å²) in [7, 11) is 0. The number of ether oxygens (including phenoxy) is 1. The van der Waals surface area contributed by atoms with Crippen LogP contribution < -0.4 is 10.1 Å². The first-order chi connectivity index (χ1) is 6.77. The van der Waals surface area contributed by atoms with Gasteiger partial charge < -0.3 is 10.1 Å². The lowest BCUT2D eigenvalue weighted by molar-refractivity contribution is 0.210. The topological polar surface area (TPSA) is 21.3 Å².